The number of aryl methyl sites for hydroxylation is 1. The van der Waals surface area contributed by atoms with Crippen molar-refractivity contribution in [3.8, 4) is 11.5 Å². The molecule has 0 aromatic heterocycles. The first-order valence-corrected chi connectivity index (χ1v) is 5.04. The van der Waals surface area contributed by atoms with Crippen molar-refractivity contribution in [2.24, 2.45) is 5.73 Å². The predicted octanol–water partition coefficient (Wildman–Crippen LogP) is 0.760. The summed E-state index contributed by atoms with van der Waals surface area (Å²) in [5, 5.41) is 8.65. The Hall–Kier alpha value is -1.75. The summed E-state index contributed by atoms with van der Waals surface area (Å²) >= 11 is 0. The molecule has 1 aromatic carbocycles. The highest BCUT2D eigenvalue weighted by Gasteiger charge is 2.15. The number of hydrogen-bond acceptors (Lipinski definition) is 4. The Morgan fingerprint density at radius 2 is 2.19 bits per heavy atom. The summed E-state index contributed by atoms with van der Waals surface area (Å²) in [5.74, 6) is 0.466. The average Bonchev–Trinajstić information content (AvgIpc) is 2.72. The van der Waals surface area contributed by atoms with Gasteiger partial charge >= 0.3 is 5.97 Å². The van der Waals surface area contributed by atoms with Crippen molar-refractivity contribution in [3.63, 3.8) is 0 Å². The maximum Gasteiger partial charge on any atom is 0.320 e. The van der Waals surface area contributed by atoms with Crippen molar-refractivity contribution < 1.29 is 19.4 Å². The molecule has 0 saturated carbocycles. The summed E-state index contributed by atoms with van der Waals surface area (Å²) in [4.78, 5) is 10.5. The van der Waals surface area contributed by atoms with Gasteiger partial charge in [-0.15, -0.1) is 0 Å². The van der Waals surface area contributed by atoms with Crippen LogP contribution in [0, 0.1) is 0 Å². The van der Waals surface area contributed by atoms with Gasteiger partial charge in [-0.05, 0) is 30.5 Å². The highest BCUT2D eigenvalue weighted by Crippen LogP contribution is 2.32. The SMILES string of the molecule is NC(CCc1ccc2c(c1)OCO2)C(=O)O. The van der Waals surface area contributed by atoms with E-state index in [0.717, 1.165) is 11.3 Å². The normalized spacial score (nSPS) is 14.8. The number of carboxylic acid groups (broad SMARTS) is 1. The molecule has 1 heterocycles. The van der Waals surface area contributed by atoms with Crippen LogP contribution in [0.1, 0.15) is 12.0 Å². The second-order valence-electron chi connectivity index (χ2n) is 3.67. The van der Waals surface area contributed by atoms with Crippen LogP contribution in [0.2, 0.25) is 0 Å². The molecule has 0 spiro atoms. The number of carbonyl (C=O) groups is 1. The highest BCUT2D eigenvalue weighted by atomic mass is 16.7. The number of nitrogens with two attached hydrogens (primary N) is 1. The summed E-state index contributed by atoms with van der Waals surface area (Å²) in [5.41, 5.74) is 6.42. The van der Waals surface area contributed by atoms with Crippen LogP contribution in [-0.4, -0.2) is 23.9 Å². The molecule has 0 bridgehead atoms. The number of ether oxygens (including phenoxy) is 2. The Balaban J connectivity index is 1.98. The monoisotopic (exact) mass is 223 g/mol. The van der Waals surface area contributed by atoms with Gasteiger partial charge in [0.15, 0.2) is 11.5 Å². The van der Waals surface area contributed by atoms with E-state index in [9.17, 15) is 4.79 Å². The van der Waals surface area contributed by atoms with Crippen LogP contribution in [0.4, 0.5) is 0 Å². The van der Waals surface area contributed by atoms with Gasteiger partial charge in [-0.3, -0.25) is 4.79 Å². The number of hydrogen-bond donors (Lipinski definition) is 2. The van der Waals surface area contributed by atoms with Gasteiger partial charge in [-0.25, -0.2) is 0 Å². The average molecular weight is 223 g/mol. The second kappa shape index (κ2) is 4.40. The van der Waals surface area contributed by atoms with Gasteiger partial charge in [0.2, 0.25) is 6.79 Å². The van der Waals surface area contributed by atoms with E-state index in [4.69, 9.17) is 20.3 Å². The molecule has 16 heavy (non-hydrogen) atoms. The number of benzene rings is 1. The maximum absolute atomic E-state index is 10.5. The van der Waals surface area contributed by atoms with Crippen LogP contribution in [0.15, 0.2) is 18.2 Å². The number of rotatable bonds is 4. The molecule has 5 nitrogen and oxygen atoms in total. The third kappa shape index (κ3) is 2.25. The van der Waals surface area contributed by atoms with Crippen LogP contribution in [0.3, 0.4) is 0 Å². The molecule has 0 radical (unpaired) electrons. The van der Waals surface area contributed by atoms with E-state index < -0.39 is 12.0 Å². The van der Waals surface area contributed by atoms with E-state index in [2.05, 4.69) is 0 Å². The Labute approximate surface area is 92.8 Å². The maximum atomic E-state index is 10.5. The molecule has 0 aliphatic carbocycles. The summed E-state index contributed by atoms with van der Waals surface area (Å²) in [6.45, 7) is 0.243. The highest BCUT2D eigenvalue weighted by molar-refractivity contribution is 5.73. The fourth-order valence-corrected chi connectivity index (χ4v) is 1.54. The van der Waals surface area contributed by atoms with Gasteiger partial charge in [0.25, 0.3) is 0 Å². The van der Waals surface area contributed by atoms with E-state index in [1.807, 2.05) is 18.2 Å². The fraction of sp³-hybridized carbons (Fsp3) is 0.364. The van der Waals surface area contributed by atoms with E-state index in [1.165, 1.54) is 0 Å². The van der Waals surface area contributed by atoms with Gasteiger partial charge < -0.3 is 20.3 Å². The minimum absolute atomic E-state index is 0.243. The van der Waals surface area contributed by atoms with Crippen molar-refractivity contribution in [2.75, 3.05) is 6.79 Å². The van der Waals surface area contributed by atoms with Gasteiger partial charge in [0.05, 0.1) is 0 Å². The van der Waals surface area contributed by atoms with Crippen LogP contribution in [0.25, 0.3) is 0 Å². The van der Waals surface area contributed by atoms with E-state index in [-0.39, 0.29) is 6.79 Å². The smallest absolute Gasteiger partial charge is 0.320 e. The molecule has 1 atom stereocenters. The van der Waals surface area contributed by atoms with Crippen molar-refractivity contribution in [3.05, 3.63) is 23.8 Å². The van der Waals surface area contributed by atoms with Crippen LogP contribution < -0.4 is 15.2 Å². The molecule has 0 fully saturated rings. The third-order valence-electron chi connectivity index (χ3n) is 2.50. The minimum atomic E-state index is -0.972. The van der Waals surface area contributed by atoms with E-state index in [0.29, 0.717) is 18.6 Å². The number of aliphatic carboxylic acids is 1. The lowest BCUT2D eigenvalue weighted by Crippen LogP contribution is -2.30. The van der Waals surface area contributed by atoms with Crippen LogP contribution in [-0.2, 0) is 11.2 Å². The van der Waals surface area contributed by atoms with Crippen molar-refractivity contribution in [1.29, 1.82) is 0 Å². The molecule has 5 heteroatoms. The Morgan fingerprint density at radius 3 is 2.94 bits per heavy atom. The standard InChI is InChI=1S/C11H13NO4/c12-8(11(13)14)3-1-7-2-4-9-10(5-7)16-6-15-9/h2,4-5,8H,1,3,6,12H2,(H,13,14). The largest absolute Gasteiger partial charge is 0.480 e. The van der Waals surface area contributed by atoms with Crippen molar-refractivity contribution >= 4 is 5.97 Å². The number of fused-ring (bicyclic) bond motifs is 1. The van der Waals surface area contributed by atoms with Gasteiger partial charge in [0.1, 0.15) is 6.04 Å². The molecule has 1 aliphatic heterocycles. The molecule has 2 rings (SSSR count). The molecule has 1 aliphatic rings. The van der Waals surface area contributed by atoms with Gasteiger partial charge in [-0.2, -0.15) is 0 Å². The molecular formula is C11H13NO4. The van der Waals surface area contributed by atoms with Crippen LogP contribution in [0.5, 0.6) is 11.5 Å². The lowest BCUT2D eigenvalue weighted by molar-refractivity contribution is -0.138. The molecule has 1 unspecified atom stereocenters. The third-order valence-corrected chi connectivity index (χ3v) is 2.50. The Bertz CT molecular complexity index is 405. The lowest BCUT2D eigenvalue weighted by Gasteiger charge is -2.06. The molecule has 3 N–H and O–H groups in total. The second-order valence-corrected chi connectivity index (χ2v) is 3.67. The summed E-state index contributed by atoms with van der Waals surface area (Å²) in [6.07, 6.45) is 1.03. The fourth-order valence-electron chi connectivity index (χ4n) is 1.54. The van der Waals surface area contributed by atoms with E-state index in [1.54, 1.807) is 0 Å². The van der Waals surface area contributed by atoms with Crippen molar-refractivity contribution in [2.45, 2.75) is 18.9 Å². The Kier molecular flexibility index (Phi) is 2.96. The molecule has 1 aromatic rings. The summed E-state index contributed by atoms with van der Waals surface area (Å²) < 4.78 is 10.4. The zero-order chi connectivity index (χ0) is 11.5. The number of carboxylic acids is 1. The molecule has 0 amide bonds. The minimum Gasteiger partial charge on any atom is -0.480 e. The zero-order valence-corrected chi connectivity index (χ0v) is 8.68. The van der Waals surface area contributed by atoms with Crippen LogP contribution >= 0.6 is 0 Å². The molecular weight excluding hydrogens is 210 g/mol. The first-order chi connectivity index (χ1) is 7.66. The topological polar surface area (TPSA) is 81.8 Å². The van der Waals surface area contributed by atoms with Gasteiger partial charge in [0, 0.05) is 0 Å². The first kappa shape index (κ1) is 10.8. The summed E-state index contributed by atoms with van der Waals surface area (Å²) in [6, 6.07) is 4.76. The summed E-state index contributed by atoms with van der Waals surface area (Å²) in [7, 11) is 0. The van der Waals surface area contributed by atoms with E-state index >= 15 is 0 Å². The zero-order valence-electron chi connectivity index (χ0n) is 8.68. The van der Waals surface area contributed by atoms with Crippen molar-refractivity contribution in [1.82, 2.24) is 0 Å². The first-order valence-electron chi connectivity index (χ1n) is 5.04. The quantitative estimate of drug-likeness (QED) is 0.787. The Morgan fingerprint density at radius 1 is 1.44 bits per heavy atom. The van der Waals surface area contributed by atoms with Gasteiger partial charge in [-0.1, -0.05) is 6.07 Å². The molecule has 0 saturated heterocycles. The molecule has 86 valence electrons. The predicted molar refractivity (Wildman–Crippen MR) is 56.5 cm³/mol. The lowest BCUT2D eigenvalue weighted by atomic mass is 10.1.